The molecule has 0 aliphatic carbocycles. The van der Waals surface area contributed by atoms with Crippen LogP contribution in [0.5, 0.6) is 0 Å². The van der Waals surface area contributed by atoms with Crippen molar-refractivity contribution in [2.24, 2.45) is 5.92 Å². The molecule has 1 atom stereocenters. The van der Waals surface area contributed by atoms with Crippen molar-refractivity contribution in [1.82, 2.24) is 15.5 Å². The molecule has 2 aromatic rings. The predicted octanol–water partition coefficient (Wildman–Crippen LogP) is 3.43. The van der Waals surface area contributed by atoms with Gasteiger partial charge >= 0.3 is 0 Å². The van der Waals surface area contributed by atoms with Gasteiger partial charge in [-0.25, -0.2) is 4.39 Å². The zero-order valence-corrected chi connectivity index (χ0v) is 13.6. The van der Waals surface area contributed by atoms with Crippen molar-refractivity contribution in [2.45, 2.75) is 32.4 Å². The summed E-state index contributed by atoms with van der Waals surface area (Å²) in [6.07, 6.45) is 1.80. The van der Waals surface area contributed by atoms with Crippen LogP contribution in [0.2, 0.25) is 5.02 Å². The third-order valence-electron chi connectivity index (χ3n) is 4.07. The highest BCUT2D eigenvalue weighted by atomic mass is 35.5. The van der Waals surface area contributed by atoms with Crippen LogP contribution in [0.4, 0.5) is 4.39 Å². The summed E-state index contributed by atoms with van der Waals surface area (Å²) >= 11 is 5.95. The third kappa shape index (κ3) is 4.07. The van der Waals surface area contributed by atoms with E-state index in [2.05, 4.69) is 15.5 Å². The fourth-order valence-corrected chi connectivity index (χ4v) is 3.04. The molecule has 1 fully saturated rings. The fraction of sp³-hybridized carbons (Fsp3) is 0.500. The highest BCUT2D eigenvalue weighted by Crippen LogP contribution is 2.30. The van der Waals surface area contributed by atoms with Crippen molar-refractivity contribution in [3.05, 3.63) is 46.3 Å². The Morgan fingerprint density at radius 3 is 2.87 bits per heavy atom. The van der Waals surface area contributed by atoms with Crippen molar-refractivity contribution in [2.75, 3.05) is 13.2 Å². The molecule has 0 spiro atoms. The minimum Gasteiger partial charge on any atom is -0.381 e. The number of hydrogen-bond donors (Lipinski definition) is 1. The Bertz CT molecular complexity index is 659. The molecule has 0 unspecified atom stereocenters. The van der Waals surface area contributed by atoms with Crippen LogP contribution < -0.4 is 5.32 Å². The van der Waals surface area contributed by atoms with Crippen LogP contribution in [0.15, 0.2) is 22.7 Å². The van der Waals surface area contributed by atoms with E-state index in [1.54, 1.807) is 13.0 Å². The molecule has 0 bridgehead atoms. The van der Waals surface area contributed by atoms with E-state index in [0.717, 1.165) is 12.8 Å². The molecule has 23 heavy (non-hydrogen) atoms. The summed E-state index contributed by atoms with van der Waals surface area (Å²) in [7, 11) is 0. The second-order valence-electron chi connectivity index (χ2n) is 5.72. The number of ether oxygens (including phenoxy) is 1. The standard InChI is InChI=1S/C16H19ClFN3O2/c1-10-20-16(23-21-10)15(11-4-6-22-7-5-11)19-9-12-8-13(17)2-3-14(12)18/h2-3,8,11,15,19H,4-7,9H2,1H3/t15-/m0/s1. The van der Waals surface area contributed by atoms with Crippen LogP contribution in [0, 0.1) is 18.7 Å². The van der Waals surface area contributed by atoms with Gasteiger partial charge < -0.3 is 14.6 Å². The van der Waals surface area contributed by atoms with E-state index in [1.807, 2.05) is 0 Å². The Hall–Kier alpha value is -1.50. The van der Waals surface area contributed by atoms with Crippen molar-refractivity contribution >= 4 is 11.6 Å². The van der Waals surface area contributed by atoms with Gasteiger partial charge in [-0.3, -0.25) is 0 Å². The first-order valence-corrected chi connectivity index (χ1v) is 8.06. The van der Waals surface area contributed by atoms with Crippen LogP contribution in [0.25, 0.3) is 0 Å². The maximum atomic E-state index is 13.9. The van der Waals surface area contributed by atoms with Crippen LogP contribution >= 0.6 is 11.6 Å². The van der Waals surface area contributed by atoms with E-state index in [9.17, 15) is 4.39 Å². The Balaban J connectivity index is 1.76. The van der Waals surface area contributed by atoms with E-state index in [1.165, 1.54) is 12.1 Å². The van der Waals surface area contributed by atoms with Gasteiger partial charge in [-0.05, 0) is 43.9 Å². The lowest BCUT2D eigenvalue weighted by atomic mass is 9.91. The number of nitrogens with zero attached hydrogens (tertiary/aromatic N) is 2. The number of halogens is 2. The summed E-state index contributed by atoms with van der Waals surface area (Å²) in [6, 6.07) is 4.42. The van der Waals surface area contributed by atoms with E-state index < -0.39 is 0 Å². The minimum absolute atomic E-state index is 0.126. The predicted molar refractivity (Wildman–Crippen MR) is 83.6 cm³/mol. The smallest absolute Gasteiger partial charge is 0.244 e. The lowest BCUT2D eigenvalue weighted by molar-refractivity contribution is 0.0485. The van der Waals surface area contributed by atoms with Gasteiger partial charge in [0.15, 0.2) is 5.82 Å². The molecule has 0 amide bonds. The summed E-state index contributed by atoms with van der Waals surface area (Å²) in [5.41, 5.74) is 0.519. The van der Waals surface area contributed by atoms with Gasteiger partial charge in [-0.1, -0.05) is 16.8 Å². The first-order valence-electron chi connectivity index (χ1n) is 7.69. The molecular weight excluding hydrogens is 321 g/mol. The number of aryl methyl sites for hydroxylation is 1. The van der Waals surface area contributed by atoms with Crippen molar-refractivity contribution in [1.29, 1.82) is 0 Å². The molecule has 1 aromatic carbocycles. The second kappa shape index (κ2) is 7.38. The summed E-state index contributed by atoms with van der Waals surface area (Å²) in [6.45, 7) is 3.55. The van der Waals surface area contributed by atoms with Gasteiger partial charge in [0.05, 0.1) is 6.04 Å². The molecule has 1 aliphatic rings. The van der Waals surface area contributed by atoms with Crippen molar-refractivity contribution in [3.8, 4) is 0 Å². The quantitative estimate of drug-likeness (QED) is 0.904. The van der Waals surface area contributed by atoms with E-state index in [0.29, 0.717) is 48.0 Å². The molecule has 1 N–H and O–H groups in total. The van der Waals surface area contributed by atoms with Crippen LogP contribution in [-0.4, -0.2) is 23.4 Å². The maximum Gasteiger partial charge on any atom is 0.244 e. The summed E-state index contributed by atoms with van der Waals surface area (Å²) in [5.74, 6) is 1.16. The number of rotatable bonds is 5. The van der Waals surface area contributed by atoms with Gasteiger partial charge in [-0.2, -0.15) is 4.98 Å². The number of benzene rings is 1. The van der Waals surface area contributed by atoms with Gasteiger partial charge in [0.25, 0.3) is 0 Å². The summed E-state index contributed by atoms with van der Waals surface area (Å²) < 4.78 is 24.7. The second-order valence-corrected chi connectivity index (χ2v) is 6.16. The fourth-order valence-electron chi connectivity index (χ4n) is 2.84. The Morgan fingerprint density at radius 2 is 2.17 bits per heavy atom. The molecule has 5 nitrogen and oxygen atoms in total. The number of aromatic nitrogens is 2. The molecular formula is C16H19ClFN3O2. The number of nitrogens with one attached hydrogen (secondary N) is 1. The molecule has 3 rings (SSSR count). The summed E-state index contributed by atoms with van der Waals surface area (Å²) in [5, 5.41) is 7.73. The molecule has 1 aromatic heterocycles. The minimum atomic E-state index is -0.283. The van der Waals surface area contributed by atoms with Crippen LogP contribution in [-0.2, 0) is 11.3 Å². The monoisotopic (exact) mass is 339 g/mol. The first kappa shape index (κ1) is 16.4. The molecule has 1 aliphatic heterocycles. The molecule has 7 heteroatoms. The van der Waals surface area contributed by atoms with Gasteiger partial charge in [-0.15, -0.1) is 0 Å². The third-order valence-corrected chi connectivity index (χ3v) is 4.30. The van der Waals surface area contributed by atoms with E-state index in [4.69, 9.17) is 20.9 Å². The SMILES string of the molecule is Cc1noc([C@@H](NCc2cc(Cl)ccc2F)C2CCOCC2)n1. The molecule has 0 saturated carbocycles. The Kier molecular flexibility index (Phi) is 5.25. The summed E-state index contributed by atoms with van der Waals surface area (Å²) in [4.78, 5) is 4.34. The normalized spacial score (nSPS) is 17.3. The average molecular weight is 340 g/mol. The van der Waals surface area contributed by atoms with E-state index >= 15 is 0 Å². The lowest BCUT2D eigenvalue weighted by Gasteiger charge is -2.28. The maximum absolute atomic E-state index is 13.9. The topological polar surface area (TPSA) is 60.2 Å². The zero-order valence-electron chi connectivity index (χ0n) is 12.9. The Morgan fingerprint density at radius 1 is 1.39 bits per heavy atom. The zero-order chi connectivity index (χ0) is 16.2. The number of hydrogen-bond acceptors (Lipinski definition) is 5. The highest BCUT2D eigenvalue weighted by molar-refractivity contribution is 6.30. The van der Waals surface area contributed by atoms with Crippen LogP contribution in [0.1, 0.15) is 36.2 Å². The highest BCUT2D eigenvalue weighted by Gasteiger charge is 2.29. The molecule has 1 saturated heterocycles. The van der Waals surface area contributed by atoms with Crippen molar-refractivity contribution < 1.29 is 13.7 Å². The largest absolute Gasteiger partial charge is 0.381 e. The Labute approximate surface area is 139 Å². The van der Waals surface area contributed by atoms with E-state index in [-0.39, 0.29) is 11.9 Å². The van der Waals surface area contributed by atoms with Crippen molar-refractivity contribution in [3.63, 3.8) is 0 Å². The lowest BCUT2D eigenvalue weighted by Crippen LogP contribution is -2.32. The van der Waals surface area contributed by atoms with Gasteiger partial charge in [0.2, 0.25) is 5.89 Å². The molecule has 2 heterocycles. The van der Waals surface area contributed by atoms with Crippen LogP contribution in [0.3, 0.4) is 0 Å². The molecule has 0 radical (unpaired) electrons. The first-order chi connectivity index (χ1) is 11.1. The molecule has 124 valence electrons. The van der Waals surface area contributed by atoms with Gasteiger partial charge in [0, 0.05) is 30.3 Å². The average Bonchev–Trinajstić information content (AvgIpc) is 2.98. The van der Waals surface area contributed by atoms with Gasteiger partial charge in [0.1, 0.15) is 5.82 Å².